The number of fused-ring (bicyclic) bond motifs is 2. The Bertz CT molecular complexity index is 1120. The van der Waals surface area contributed by atoms with E-state index in [-0.39, 0.29) is 24.2 Å². The number of aromatic nitrogens is 1. The van der Waals surface area contributed by atoms with Gasteiger partial charge in [-0.3, -0.25) is 9.59 Å². The van der Waals surface area contributed by atoms with Gasteiger partial charge in [-0.1, -0.05) is 26.7 Å². The second kappa shape index (κ2) is 8.53. The molecule has 1 atom stereocenters. The number of phenols is 1. The standard InChI is InChI=1S/C25H28N2O4/c1-4-6-7-18-19(15(3)13-31-25(18)30)11-23-24-21(12-27(23)14-28)17(5-2)20-10-16(29)8-9-22(20)26-24/h8-11,14,18,29H,4-7,12-13H2,1-3H3/b23-11-. The summed E-state index contributed by atoms with van der Waals surface area (Å²) in [6, 6.07) is 5.17. The maximum atomic E-state index is 12.5. The molecule has 2 aliphatic rings. The van der Waals surface area contributed by atoms with Crippen LogP contribution in [0.15, 0.2) is 35.4 Å². The summed E-state index contributed by atoms with van der Waals surface area (Å²) >= 11 is 0. The van der Waals surface area contributed by atoms with Crippen LogP contribution in [-0.2, 0) is 27.3 Å². The van der Waals surface area contributed by atoms with Gasteiger partial charge in [-0.25, -0.2) is 4.98 Å². The molecule has 0 aliphatic carbocycles. The Morgan fingerprint density at radius 1 is 1.32 bits per heavy atom. The molecule has 1 N–H and O–H groups in total. The average molecular weight is 421 g/mol. The van der Waals surface area contributed by atoms with Crippen molar-refractivity contribution < 1.29 is 19.4 Å². The number of allylic oxidation sites excluding steroid dienone is 1. The van der Waals surface area contributed by atoms with Gasteiger partial charge in [0.15, 0.2) is 0 Å². The van der Waals surface area contributed by atoms with Gasteiger partial charge in [-0.2, -0.15) is 0 Å². The Hall–Kier alpha value is -3.15. The molecule has 0 saturated carbocycles. The maximum absolute atomic E-state index is 12.5. The van der Waals surface area contributed by atoms with Crippen LogP contribution < -0.4 is 0 Å². The number of ether oxygens (including phenoxy) is 1. The number of cyclic esters (lactones) is 1. The number of amides is 1. The normalized spacial score (nSPS) is 19.8. The van der Waals surface area contributed by atoms with E-state index in [1.165, 1.54) is 0 Å². The van der Waals surface area contributed by atoms with Crippen LogP contribution in [0.2, 0.25) is 0 Å². The van der Waals surface area contributed by atoms with Crippen LogP contribution in [0, 0.1) is 5.92 Å². The molecule has 2 aliphatic heterocycles. The lowest BCUT2D eigenvalue weighted by Crippen LogP contribution is -2.27. The molecule has 0 saturated heterocycles. The SMILES string of the molecule is CCCCC1C(=O)OCC(C)=C1/C=C1/c2nc3ccc(O)cc3c(CC)c2CN1C=O. The van der Waals surface area contributed by atoms with Crippen LogP contribution in [-0.4, -0.2) is 34.0 Å². The number of phenolic OH excluding ortho intramolecular Hbond substituents is 1. The van der Waals surface area contributed by atoms with Gasteiger partial charge in [0.05, 0.1) is 29.4 Å². The topological polar surface area (TPSA) is 79.7 Å². The summed E-state index contributed by atoms with van der Waals surface area (Å²) in [5, 5.41) is 10.9. The van der Waals surface area contributed by atoms with E-state index in [0.717, 1.165) is 76.7 Å². The molecule has 2 aromatic rings. The molecule has 0 spiro atoms. The molecule has 0 fully saturated rings. The third kappa shape index (κ3) is 3.71. The molecule has 0 radical (unpaired) electrons. The molecule has 162 valence electrons. The first-order valence-corrected chi connectivity index (χ1v) is 10.9. The monoisotopic (exact) mass is 420 g/mol. The Kier molecular flexibility index (Phi) is 5.81. The van der Waals surface area contributed by atoms with E-state index >= 15 is 0 Å². The van der Waals surface area contributed by atoms with Crippen LogP contribution in [0.25, 0.3) is 16.6 Å². The predicted molar refractivity (Wildman–Crippen MR) is 119 cm³/mol. The highest BCUT2D eigenvalue weighted by molar-refractivity contribution is 5.91. The third-order valence-corrected chi connectivity index (χ3v) is 6.27. The summed E-state index contributed by atoms with van der Waals surface area (Å²) < 4.78 is 5.37. The minimum atomic E-state index is -0.318. The van der Waals surface area contributed by atoms with Crippen LogP contribution in [0.4, 0.5) is 0 Å². The second-order valence-electron chi connectivity index (χ2n) is 8.27. The maximum Gasteiger partial charge on any atom is 0.313 e. The molecule has 31 heavy (non-hydrogen) atoms. The molecule has 3 heterocycles. The van der Waals surface area contributed by atoms with Crippen LogP contribution in [0.3, 0.4) is 0 Å². The molecule has 1 amide bonds. The summed E-state index contributed by atoms with van der Waals surface area (Å²) in [5.41, 5.74) is 6.31. The smallest absolute Gasteiger partial charge is 0.313 e. The van der Waals surface area contributed by atoms with Crippen molar-refractivity contribution in [1.29, 1.82) is 0 Å². The average Bonchev–Trinajstić information content (AvgIpc) is 3.11. The van der Waals surface area contributed by atoms with Crippen molar-refractivity contribution in [2.75, 3.05) is 6.61 Å². The molecule has 4 rings (SSSR count). The predicted octanol–water partition coefficient (Wildman–Crippen LogP) is 4.50. The zero-order valence-electron chi connectivity index (χ0n) is 18.3. The highest BCUT2D eigenvalue weighted by Gasteiger charge is 2.33. The van der Waals surface area contributed by atoms with Crippen molar-refractivity contribution in [3.8, 4) is 5.75 Å². The molecule has 0 bridgehead atoms. The number of nitrogens with zero attached hydrogens (tertiary/aromatic N) is 2. The molecule has 6 nitrogen and oxygen atoms in total. The first kappa shape index (κ1) is 21.1. The van der Waals surface area contributed by atoms with Gasteiger partial charge in [-0.05, 0) is 60.8 Å². The van der Waals surface area contributed by atoms with Crippen molar-refractivity contribution in [2.45, 2.75) is 53.0 Å². The van der Waals surface area contributed by atoms with Gasteiger partial charge in [-0.15, -0.1) is 0 Å². The first-order valence-electron chi connectivity index (χ1n) is 10.9. The summed E-state index contributed by atoms with van der Waals surface area (Å²) in [5.74, 6) is -0.315. The number of hydrogen-bond donors (Lipinski definition) is 1. The summed E-state index contributed by atoms with van der Waals surface area (Å²) in [4.78, 5) is 31.0. The number of hydrogen-bond acceptors (Lipinski definition) is 5. The Balaban J connectivity index is 1.89. The van der Waals surface area contributed by atoms with Gasteiger partial charge in [0, 0.05) is 10.9 Å². The lowest BCUT2D eigenvalue weighted by Gasteiger charge is -2.25. The van der Waals surface area contributed by atoms with Crippen LogP contribution >= 0.6 is 0 Å². The number of carbonyl (C=O) groups is 2. The van der Waals surface area contributed by atoms with E-state index < -0.39 is 0 Å². The second-order valence-corrected chi connectivity index (χ2v) is 8.27. The molecule has 1 unspecified atom stereocenters. The minimum Gasteiger partial charge on any atom is -0.508 e. The fourth-order valence-corrected chi connectivity index (χ4v) is 4.62. The number of pyridine rings is 1. The third-order valence-electron chi connectivity index (χ3n) is 6.27. The summed E-state index contributed by atoms with van der Waals surface area (Å²) in [6.07, 6.45) is 6.21. The summed E-state index contributed by atoms with van der Waals surface area (Å²) in [7, 11) is 0. The van der Waals surface area contributed by atoms with Crippen molar-refractivity contribution in [1.82, 2.24) is 9.88 Å². The highest BCUT2D eigenvalue weighted by Crippen LogP contribution is 2.39. The van der Waals surface area contributed by atoms with Crippen molar-refractivity contribution >= 4 is 29.0 Å². The quantitative estimate of drug-likeness (QED) is 0.550. The number of rotatable bonds is 6. The van der Waals surface area contributed by atoms with Gasteiger partial charge >= 0.3 is 5.97 Å². The van der Waals surface area contributed by atoms with Crippen LogP contribution in [0.1, 0.15) is 56.9 Å². The fourth-order valence-electron chi connectivity index (χ4n) is 4.62. The largest absolute Gasteiger partial charge is 0.508 e. The fraction of sp³-hybridized carbons (Fsp3) is 0.400. The van der Waals surface area contributed by atoms with Crippen molar-refractivity contribution in [3.05, 3.63) is 52.2 Å². The first-order chi connectivity index (χ1) is 15.0. The van der Waals surface area contributed by atoms with E-state index in [1.54, 1.807) is 23.1 Å². The molecule has 1 aromatic carbocycles. The van der Waals surface area contributed by atoms with E-state index in [9.17, 15) is 14.7 Å². The molecule has 1 aromatic heterocycles. The zero-order valence-corrected chi connectivity index (χ0v) is 18.3. The summed E-state index contributed by atoms with van der Waals surface area (Å²) in [6.45, 7) is 6.86. The number of esters is 1. The van der Waals surface area contributed by atoms with Gasteiger partial charge in [0.25, 0.3) is 0 Å². The lowest BCUT2D eigenvalue weighted by molar-refractivity contribution is -0.147. The van der Waals surface area contributed by atoms with Crippen molar-refractivity contribution in [2.24, 2.45) is 5.92 Å². The van der Waals surface area contributed by atoms with Gasteiger partial charge in [0.1, 0.15) is 12.4 Å². The zero-order chi connectivity index (χ0) is 22.1. The Morgan fingerprint density at radius 2 is 2.13 bits per heavy atom. The minimum absolute atomic E-state index is 0.196. The van der Waals surface area contributed by atoms with Crippen LogP contribution in [0.5, 0.6) is 5.75 Å². The Morgan fingerprint density at radius 3 is 2.84 bits per heavy atom. The number of aromatic hydroxyl groups is 1. The van der Waals surface area contributed by atoms with E-state index in [4.69, 9.17) is 9.72 Å². The number of unbranched alkanes of at least 4 members (excludes halogenated alkanes) is 1. The van der Waals surface area contributed by atoms with E-state index in [1.807, 2.05) is 13.0 Å². The lowest BCUT2D eigenvalue weighted by atomic mass is 9.87. The van der Waals surface area contributed by atoms with E-state index in [0.29, 0.717) is 6.54 Å². The number of carbonyl (C=O) groups excluding carboxylic acids is 2. The van der Waals surface area contributed by atoms with E-state index in [2.05, 4.69) is 13.8 Å². The van der Waals surface area contributed by atoms with Gasteiger partial charge in [0.2, 0.25) is 6.41 Å². The highest BCUT2D eigenvalue weighted by atomic mass is 16.5. The number of aryl methyl sites for hydroxylation is 1. The van der Waals surface area contributed by atoms with Crippen molar-refractivity contribution in [3.63, 3.8) is 0 Å². The number of benzene rings is 1. The Labute approximate surface area is 182 Å². The molecule has 6 heteroatoms. The molecular formula is C25H28N2O4. The van der Waals surface area contributed by atoms with Gasteiger partial charge < -0.3 is 14.7 Å². The molecular weight excluding hydrogens is 392 g/mol.